The summed E-state index contributed by atoms with van der Waals surface area (Å²) >= 11 is 5.83. The number of ether oxygens (including phenoxy) is 1. The molecule has 1 aromatic carbocycles. The highest BCUT2D eigenvalue weighted by molar-refractivity contribution is 6.30. The van der Waals surface area contributed by atoms with Crippen molar-refractivity contribution in [2.24, 2.45) is 0 Å². The number of rotatable bonds is 4. The number of halogens is 1. The van der Waals surface area contributed by atoms with Gasteiger partial charge in [0, 0.05) is 16.8 Å². The molecule has 0 spiro atoms. The van der Waals surface area contributed by atoms with Crippen molar-refractivity contribution in [3.8, 4) is 11.6 Å². The third-order valence-corrected chi connectivity index (χ3v) is 2.63. The van der Waals surface area contributed by atoms with Crippen molar-refractivity contribution in [3.63, 3.8) is 0 Å². The Morgan fingerprint density at radius 3 is 2.83 bits per heavy atom. The van der Waals surface area contributed by atoms with Gasteiger partial charge in [-0.25, -0.2) is 9.97 Å². The van der Waals surface area contributed by atoms with E-state index in [4.69, 9.17) is 22.1 Å². The van der Waals surface area contributed by atoms with Gasteiger partial charge >= 0.3 is 0 Å². The zero-order chi connectivity index (χ0) is 13.0. The molecule has 1 aromatic heterocycles. The molecule has 4 nitrogen and oxygen atoms in total. The van der Waals surface area contributed by atoms with Crippen LogP contribution in [0.2, 0.25) is 5.02 Å². The Morgan fingerprint density at radius 2 is 2.11 bits per heavy atom. The Bertz CT molecular complexity index is 546. The molecule has 2 rings (SSSR count). The van der Waals surface area contributed by atoms with E-state index < -0.39 is 0 Å². The fourth-order valence-corrected chi connectivity index (χ4v) is 1.73. The van der Waals surface area contributed by atoms with Crippen LogP contribution in [0.5, 0.6) is 11.6 Å². The molecule has 18 heavy (non-hydrogen) atoms. The van der Waals surface area contributed by atoms with E-state index in [-0.39, 0.29) is 0 Å². The zero-order valence-corrected chi connectivity index (χ0v) is 10.8. The van der Waals surface area contributed by atoms with Gasteiger partial charge in [-0.05, 0) is 24.6 Å². The molecule has 0 atom stereocenters. The summed E-state index contributed by atoms with van der Waals surface area (Å²) in [6.45, 7) is 2.10. The van der Waals surface area contributed by atoms with Crippen molar-refractivity contribution >= 4 is 17.3 Å². The summed E-state index contributed by atoms with van der Waals surface area (Å²) in [4.78, 5) is 8.22. The highest BCUT2D eigenvalue weighted by atomic mass is 35.5. The van der Waals surface area contributed by atoms with E-state index in [0.717, 1.165) is 18.5 Å². The second-order valence-corrected chi connectivity index (χ2v) is 4.32. The molecule has 0 aliphatic carbocycles. The van der Waals surface area contributed by atoms with Gasteiger partial charge < -0.3 is 10.5 Å². The molecule has 0 saturated heterocycles. The molecular weight excluding hydrogens is 250 g/mol. The molecule has 5 heteroatoms. The van der Waals surface area contributed by atoms with Crippen molar-refractivity contribution in [3.05, 3.63) is 41.3 Å². The summed E-state index contributed by atoms with van der Waals surface area (Å²) < 4.78 is 5.62. The van der Waals surface area contributed by atoms with Gasteiger partial charge in [0.2, 0.25) is 5.88 Å². The van der Waals surface area contributed by atoms with E-state index >= 15 is 0 Å². The number of nitrogens with zero attached hydrogens (tertiary/aromatic N) is 2. The van der Waals surface area contributed by atoms with Crippen LogP contribution in [-0.4, -0.2) is 9.97 Å². The topological polar surface area (TPSA) is 61.0 Å². The lowest BCUT2D eigenvalue weighted by Crippen LogP contribution is -1.96. The lowest BCUT2D eigenvalue weighted by molar-refractivity contribution is 0.462. The minimum Gasteiger partial charge on any atom is -0.437 e. The fraction of sp³-hybridized carbons (Fsp3) is 0.231. The molecular formula is C13H14ClN3O. The molecule has 0 amide bonds. The highest BCUT2D eigenvalue weighted by Gasteiger charge is 2.05. The average Bonchev–Trinajstić information content (AvgIpc) is 2.34. The van der Waals surface area contributed by atoms with Crippen LogP contribution in [-0.2, 0) is 6.42 Å². The number of aryl methyl sites for hydroxylation is 1. The van der Waals surface area contributed by atoms with Crippen molar-refractivity contribution in [2.45, 2.75) is 19.8 Å². The van der Waals surface area contributed by atoms with E-state index in [9.17, 15) is 0 Å². The minimum absolute atomic E-state index is 0.484. The van der Waals surface area contributed by atoms with Crippen LogP contribution in [0.3, 0.4) is 0 Å². The molecule has 2 aromatic rings. The number of hydrogen-bond acceptors (Lipinski definition) is 4. The van der Waals surface area contributed by atoms with Gasteiger partial charge in [-0.2, -0.15) is 0 Å². The Labute approximate surface area is 111 Å². The lowest BCUT2D eigenvalue weighted by atomic mass is 10.2. The first-order valence-electron chi connectivity index (χ1n) is 5.73. The van der Waals surface area contributed by atoms with E-state index in [0.29, 0.717) is 22.3 Å². The van der Waals surface area contributed by atoms with Crippen molar-refractivity contribution < 1.29 is 4.74 Å². The second kappa shape index (κ2) is 5.69. The first kappa shape index (κ1) is 12.6. The van der Waals surface area contributed by atoms with Gasteiger partial charge in [0.05, 0.1) is 5.69 Å². The molecule has 0 aliphatic rings. The quantitative estimate of drug-likeness (QED) is 0.858. The summed E-state index contributed by atoms with van der Waals surface area (Å²) in [5.74, 6) is 1.03. The predicted octanol–water partition coefficient (Wildman–Crippen LogP) is 3.46. The van der Waals surface area contributed by atoms with Gasteiger partial charge in [0.1, 0.15) is 6.33 Å². The number of benzene rings is 1. The van der Waals surface area contributed by atoms with Crippen LogP contribution in [0.1, 0.15) is 19.0 Å². The minimum atomic E-state index is 0.484. The second-order valence-electron chi connectivity index (χ2n) is 3.88. The normalized spacial score (nSPS) is 10.3. The molecule has 0 aliphatic heterocycles. The first-order valence-corrected chi connectivity index (χ1v) is 6.10. The predicted molar refractivity (Wildman–Crippen MR) is 72.0 cm³/mol. The van der Waals surface area contributed by atoms with E-state index in [1.165, 1.54) is 6.33 Å². The van der Waals surface area contributed by atoms with E-state index in [2.05, 4.69) is 16.9 Å². The molecule has 94 valence electrons. The van der Waals surface area contributed by atoms with Crippen LogP contribution in [0, 0.1) is 0 Å². The number of nitrogen functional groups attached to an aromatic ring is 1. The zero-order valence-electron chi connectivity index (χ0n) is 10.1. The monoisotopic (exact) mass is 263 g/mol. The smallest absolute Gasteiger partial charge is 0.222 e. The molecule has 2 N–H and O–H groups in total. The van der Waals surface area contributed by atoms with Gasteiger partial charge in [0.15, 0.2) is 5.75 Å². The molecule has 1 heterocycles. The average molecular weight is 264 g/mol. The first-order chi connectivity index (χ1) is 8.69. The molecule has 0 fully saturated rings. The van der Waals surface area contributed by atoms with E-state index in [1.807, 2.05) is 6.07 Å². The van der Waals surface area contributed by atoms with Crippen LogP contribution in [0.15, 0.2) is 30.6 Å². The Balaban J connectivity index is 2.20. The Morgan fingerprint density at radius 1 is 1.28 bits per heavy atom. The number of anilines is 1. The third kappa shape index (κ3) is 3.11. The van der Waals surface area contributed by atoms with Gasteiger partial charge in [-0.15, -0.1) is 0 Å². The fourth-order valence-electron chi connectivity index (χ4n) is 1.55. The third-order valence-electron chi connectivity index (χ3n) is 2.39. The number of aromatic nitrogens is 2. The maximum absolute atomic E-state index is 5.83. The summed E-state index contributed by atoms with van der Waals surface area (Å²) in [5, 5.41) is 0.578. The van der Waals surface area contributed by atoms with Gasteiger partial charge in [0.25, 0.3) is 0 Å². The molecule has 0 saturated carbocycles. The Hall–Kier alpha value is -1.81. The SMILES string of the molecule is CCCc1cc(Oc2ccc(Cl)cc2N)ncn1. The summed E-state index contributed by atoms with van der Waals surface area (Å²) in [5.41, 5.74) is 7.25. The van der Waals surface area contributed by atoms with Crippen molar-refractivity contribution in [1.29, 1.82) is 0 Å². The largest absolute Gasteiger partial charge is 0.437 e. The van der Waals surface area contributed by atoms with Gasteiger partial charge in [-0.3, -0.25) is 0 Å². The van der Waals surface area contributed by atoms with Crippen LogP contribution >= 0.6 is 11.6 Å². The molecule has 0 unspecified atom stereocenters. The summed E-state index contributed by atoms with van der Waals surface area (Å²) in [6, 6.07) is 6.91. The molecule has 0 radical (unpaired) electrons. The summed E-state index contributed by atoms with van der Waals surface area (Å²) in [6.07, 6.45) is 3.42. The molecule has 0 bridgehead atoms. The lowest BCUT2D eigenvalue weighted by Gasteiger charge is -2.08. The number of hydrogen-bond donors (Lipinski definition) is 1. The van der Waals surface area contributed by atoms with Crippen LogP contribution < -0.4 is 10.5 Å². The standard InChI is InChI=1S/C13H14ClN3O/c1-2-3-10-7-13(17-8-16-10)18-12-5-4-9(14)6-11(12)15/h4-8H,2-3,15H2,1H3. The maximum Gasteiger partial charge on any atom is 0.222 e. The van der Waals surface area contributed by atoms with Crippen LogP contribution in [0.25, 0.3) is 0 Å². The van der Waals surface area contributed by atoms with E-state index in [1.54, 1.807) is 18.2 Å². The number of nitrogens with two attached hydrogens (primary N) is 1. The Kier molecular flexibility index (Phi) is 3.99. The summed E-state index contributed by atoms with van der Waals surface area (Å²) in [7, 11) is 0. The highest BCUT2D eigenvalue weighted by Crippen LogP contribution is 2.28. The van der Waals surface area contributed by atoms with Crippen molar-refractivity contribution in [1.82, 2.24) is 9.97 Å². The van der Waals surface area contributed by atoms with Gasteiger partial charge in [-0.1, -0.05) is 24.9 Å². The maximum atomic E-state index is 5.83. The van der Waals surface area contributed by atoms with Crippen LogP contribution in [0.4, 0.5) is 5.69 Å². The van der Waals surface area contributed by atoms with Crippen molar-refractivity contribution in [2.75, 3.05) is 5.73 Å².